The summed E-state index contributed by atoms with van der Waals surface area (Å²) in [5.41, 5.74) is 1.09. The van der Waals surface area contributed by atoms with Crippen molar-refractivity contribution in [1.82, 2.24) is 4.90 Å². The molecule has 2 N–H and O–H groups in total. The molecule has 5 heteroatoms. The van der Waals surface area contributed by atoms with Gasteiger partial charge in [-0.15, -0.1) is 0 Å². The molecule has 1 aromatic rings. The van der Waals surface area contributed by atoms with E-state index < -0.39 is 5.97 Å². The summed E-state index contributed by atoms with van der Waals surface area (Å²) in [6, 6.07) is 5.50. The van der Waals surface area contributed by atoms with E-state index in [1.54, 1.807) is 18.2 Å². The van der Waals surface area contributed by atoms with Crippen LogP contribution in [0.4, 0.5) is 5.69 Å². The summed E-state index contributed by atoms with van der Waals surface area (Å²) in [7, 11) is 3.57. The lowest BCUT2D eigenvalue weighted by Crippen LogP contribution is -2.23. The lowest BCUT2D eigenvalue weighted by Gasteiger charge is -2.15. The van der Waals surface area contributed by atoms with Crippen molar-refractivity contribution in [1.29, 1.82) is 0 Å². The number of benzene rings is 1. The van der Waals surface area contributed by atoms with E-state index in [0.717, 1.165) is 25.2 Å². The normalized spacial score (nSPS) is 19.8. The largest absolute Gasteiger partial charge is 0.496 e. The van der Waals surface area contributed by atoms with E-state index in [-0.39, 0.29) is 5.56 Å². The summed E-state index contributed by atoms with van der Waals surface area (Å²) in [5, 5.41) is 12.4. The Morgan fingerprint density at radius 2 is 2.33 bits per heavy atom. The molecule has 0 aromatic heterocycles. The molecular formula is C13H18N2O3. The molecule has 1 unspecified atom stereocenters. The molecule has 0 aliphatic carbocycles. The van der Waals surface area contributed by atoms with Crippen LogP contribution in [0.15, 0.2) is 18.2 Å². The number of nitrogens with one attached hydrogen (secondary N) is 1. The third kappa shape index (κ3) is 2.73. The molecule has 1 heterocycles. The molecule has 1 fully saturated rings. The second-order valence-electron chi connectivity index (χ2n) is 4.61. The fourth-order valence-corrected chi connectivity index (χ4v) is 2.25. The Hall–Kier alpha value is -1.75. The molecule has 1 aromatic carbocycles. The van der Waals surface area contributed by atoms with Gasteiger partial charge in [0, 0.05) is 24.3 Å². The van der Waals surface area contributed by atoms with Crippen LogP contribution in [0.25, 0.3) is 0 Å². The Morgan fingerprint density at radius 1 is 1.56 bits per heavy atom. The van der Waals surface area contributed by atoms with Crippen LogP contribution in [0.3, 0.4) is 0 Å². The van der Waals surface area contributed by atoms with Gasteiger partial charge < -0.3 is 20.1 Å². The number of likely N-dealkylation sites (N-methyl/N-ethyl adjacent to an activating group) is 1. The van der Waals surface area contributed by atoms with E-state index in [4.69, 9.17) is 9.84 Å². The summed E-state index contributed by atoms with van der Waals surface area (Å²) < 4.78 is 5.10. The molecule has 2 rings (SSSR count). The maximum absolute atomic E-state index is 11.0. The number of carboxylic acid groups (broad SMARTS) is 1. The van der Waals surface area contributed by atoms with Gasteiger partial charge in [-0.1, -0.05) is 0 Å². The van der Waals surface area contributed by atoms with E-state index in [0.29, 0.717) is 11.8 Å². The lowest BCUT2D eigenvalue weighted by atomic mass is 10.1. The quantitative estimate of drug-likeness (QED) is 0.848. The third-order valence-electron chi connectivity index (χ3n) is 3.19. The van der Waals surface area contributed by atoms with Crippen LogP contribution in [0.2, 0.25) is 0 Å². The maximum Gasteiger partial charge on any atom is 0.339 e. The highest BCUT2D eigenvalue weighted by molar-refractivity contribution is 5.91. The van der Waals surface area contributed by atoms with Gasteiger partial charge >= 0.3 is 5.97 Å². The fraction of sp³-hybridized carbons (Fsp3) is 0.462. The zero-order valence-electron chi connectivity index (χ0n) is 10.6. The van der Waals surface area contributed by atoms with Gasteiger partial charge in [0.05, 0.1) is 7.11 Å². The Balaban J connectivity index is 2.12. The molecule has 0 bridgehead atoms. The minimum atomic E-state index is -0.973. The third-order valence-corrected chi connectivity index (χ3v) is 3.19. The highest BCUT2D eigenvalue weighted by atomic mass is 16.5. The molecule has 1 saturated heterocycles. The topological polar surface area (TPSA) is 61.8 Å². The van der Waals surface area contributed by atoms with Crippen molar-refractivity contribution in [3.05, 3.63) is 23.8 Å². The van der Waals surface area contributed by atoms with Crippen LogP contribution in [0, 0.1) is 0 Å². The number of methoxy groups -OCH3 is 1. The molecule has 0 radical (unpaired) electrons. The van der Waals surface area contributed by atoms with Crippen molar-refractivity contribution in [2.75, 3.05) is 32.6 Å². The Labute approximate surface area is 106 Å². The minimum Gasteiger partial charge on any atom is -0.496 e. The van der Waals surface area contributed by atoms with Crippen molar-refractivity contribution in [3.8, 4) is 5.75 Å². The van der Waals surface area contributed by atoms with E-state index in [2.05, 4.69) is 17.3 Å². The summed E-state index contributed by atoms with van der Waals surface area (Å²) in [6.45, 7) is 2.09. The Bertz CT molecular complexity index is 448. The molecule has 1 atom stereocenters. The molecule has 1 aliphatic heterocycles. The van der Waals surface area contributed by atoms with Crippen molar-refractivity contribution in [3.63, 3.8) is 0 Å². The fourth-order valence-electron chi connectivity index (χ4n) is 2.25. The molecule has 5 nitrogen and oxygen atoms in total. The van der Waals surface area contributed by atoms with E-state index in [9.17, 15) is 4.79 Å². The number of hydrogen-bond acceptors (Lipinski definition) is 4. The van der Waals surface area contributed by atoms with Crippen LogP contribution < -0.4 is 10.1 Å². The predicted molar refractivity (Wildman–Crippen MR) is 69.5 cm³/mol. The predicted octanol–water partition coefficient (Wildman–Crippen LogP) is 1.51. The van der Waals surface area contributed by atoms with Gasteiger partial charge in [-0.05, 0) is 32.1 Å². The van der Waals surface area contributed by atoms with E-state index >= 15 is 0 Å². The summed E-state index contributed by atoms with van der Waals surface area (Å²) in [4.78, 5) is 13.2. The molecule has 0 saturated carbocycles. The standard InChI is InChI=1S/C13H18N2O3/c1-15-6-5-10(8-15)14-9-3-4-11(13(16)17)12(7-9)18-2/h3-4,7,10,14H,5-6,8H2,1-2H3,(H,16,17). The Morgan fingerprint density at radius 3 is 2.89 bits per heavy atom. The highest BCUT2D eigenvalue weighted by Crippen LogP contribution is 2.24. The van der Waals surface area contributed by atoms with Crippen LogP contribution in [-0.4, -0.2) is 49.3 Å². The smallest absolute Gasteiger partial charge is 0.339 e. The van der Waals surface area contributed by atoms with Gasteiger partial charge in [-0.3, -0.25) is 0 Å². The van der Waals surface area contributed by atoms with Gasteiger partial charge in [0.1, 0.15) is 11.3 Å². The van der Waals surface area contributed by atoms with Gasteiger partial charge in [-0.25, -0.2) is 4.79 Å². The average Bonchev–Trinajstić information content (AvgIpc) is 2.74. The number of anilines is 1. The highest BCUT2D eigenvalue weighted by Gasteiger charge is 2.19. The first-order chi connectivity index (χ1) is 8.60. The van der Waals surface area contributed by atoms with Crippen LogP contribution in [0.5, 0.6) is 5.75 Å². The monoisotopic (exact) mass is 250 g/mol. The zero-order chi connectivity index (χ0) is 13.1. The molecule has 18 heavy (non-hydrogen) atoms. The minimum absolute atomic E-state index is 0.187. The summed E-state index contributed by atoms with van der Waals surface area (Å²) in [5.74, 6) is -0.585. The van der Waals surface area contributed by atoms with Crippen molar-refractivity contribution >= 4 is 11.7 Å². The molecule has 0 spiro atoms. The van der Waals surface area contributed by atoms with Gasteiger partial charge in [0.2, 0.25) is 0 Å². The number of rotatable bonds is 4. The maximum atomic E-state index is 11.0. The van der Waals surface area contributed by atoms with Crippen LogP contribution in [0.1, 0.15) is 16.8 Å². The van der Waals surface area contributed by atoms with E-state index in [1.807, 2.05) is 0 Å². The second-order valence-corrected chi connectivity index (χ2v) is 4.61. The number of nitrogens with zero attached hydrogens (tertiary/aromatic N) is 1. The number of aromatic carboxylic acids is 1. The average molecular weight is 250 g/mol. The number of carbonyl (C=O) groups is 1. The van der Waals surface area contributed by atoms with Gasteiger partial charge in [0.25, 0.3) is 0 Å². The van der Waals surface area contributed by atoms with Crippen molar-refractivity contribution in [2.45, 2.75) is 12.5 Å². The number of carboxylic acids is 1. The van der Waals surface area contributed by atoms with Crippen LogP contribution >= 0.6 is 0 Å². The SMILES string of the molecule is COc1cc(NC2CCN(C)C2)ccc1C(=O)O. The van der Waals surface area contributed by atoms with Crippen LogP contribution in [-0.2, 0) is 0 Å². The second kappa shape index (κ2) is 5.27. The first-order valence-corrected chi connectivity index (χ1v) is 5.96. The summed E-state index contributed by atoms with van der Waals surface area (Å²) in [6.07, 6.45) is 1.10. The van der Waals surface area contributed by atoms with E-state index in [1.165, 1.54) is 7.11 Å². The van der Waals surface area contributed by atoms with Crippen molar-refractivity contribution in [2.24, 2.45) is 0 Å². The Kier molecular flexibility index (Phi) is 3.72. The number of likely N-dealkylation sites (tertiary alicyclic amines) is 1. The van der Waals surface area contributed by atoms with Gasteiger partial charge in [-0.2, -0.15) is 0 Å². The molecule has 1 aliphatic rings. The zero-order valence-corrected chi connectivity index (χ0v) is 10.6. The number of hydrogen-bond donors (Lipinski definition) is 2. The lowest BCUT2D eigenvalue weighted by molar-refractivity contribution is 0.0693. The van der Waals surface area contributed by atoms with Crippen molar-refractivity contribution < 1.29 is 14.6 Å². The summed E-state index contributed by atoms with van der Waals surface area (Å²) >= 11 is 0. The first kappa shape index (κ1) is 12.7. The molecule has 98 valence electrons. The number of ether oxygens (including phenoxy) is 1. The molecular weight excluding hydrogens is 232 g/mol. The van der Waals surface area contributed by atoms with Gasteiger partial charge in [0.15, 0.2) is 0 Å². The molecule has 0 amide bonds. The first-order valence-electron chi connectivity index (χ1n) is 5.96.